The molecule has 27 heavy (non-hydrogen) atoms. The van der Waals surface area contributed by atoms with E-state index < -0.39 is 0 Å². The molecule has 0 radical (unpaired) electrons. The van der Waals surface area contributed by atoms with Gasteiger partial charge in [0, 0.05) is 51.5 Å². The minimum absolute atomic E-state index is 1.35. The van der Waals surface area contributed by atoms with Crippen LogP contribution in [0.15, 0.2) is 78.9 Å². The average Bonchev–Trinajstić information content (AvgIpc) is 3.27. The van der Waals surface area contributed by atoms with Gasteiger partial charge in [0.1, 0.15) is 0 Å². The van der Waals surface area contributed by atoms with Gasteiger partial charge in [0.25, 0.3) is 0 Å². The molecule has 4 aromatic carbocycles. The Morgan fingerprint density at radius 3 is 1.81 bits per heavy atom. The van der Waals surface area contributed by atoms with Crippen molar-refractivity contribution < 1.29 is 0 Å². The van der Waals surface area contributed by atoms with E-state index in [0.717, 1.165) is 0 Å². The van der Waals surface area contributed by atoms with Crippen molar-refractivity contribution in [2.75, 3.05) is 0 Å². The summed E-state index contributed by atoms with van der Waals surface area (Å²) >= 11 is 3.84. The van der Waals surface area contributed by atoms with Crippen LogP contribution in [-0.4, -0.2) is 0 Å². The Bertz CT molecular complexity index is 1480. The minimum atomic E-state index is 1.35. The zero-order chi connectivity index (χ0) is 18.0. The fourth-order valence-corrected chi connectivity index (χ4v) is 6.66. The third kappa shape index (κ3) is 2.14. The number of thiophene rings is 2. The molecule has 6 rings (SSSR count). The van der Waals surface area contributed by atoms with Crippen LogP contribution in [0.2, 0.25) is 0 Å². The molecule has 0 N–H and O–H groups in total. The lowest BCUT2D eigenvalue weighted by atomic mass is 10.0. The van der Waals surface area contributed by atoms with Crippen LogP contribution in [0.5, 0.6) is 0 Å². The Kier molecular flexibility index (Phi) is 3.22. The van der Waals surface area contributed by atoms with Gasteiger partial charge in [0.2, 0.25) is 0 Å². The Labute approximate surface area is 165 Å². The van der Waals surface area contributed by atoms with Crippen molar-refractivity contribution in [3.05, 3.63) is 84.4 Å². The van der Waals surface area contributed by atoms with E-state index in [9.17, 15) is 0 Å². The molecule has 2 heteroatoms. The van der Waals surface area contributed by atoms with Crippen LogP contribution in [0.4, 0.5) is 0 Å². The first-order valence-corrected chi connectivity index (χ1v) is 10.8. The summed E-state index contributed by atoms with van der Waals surface area (Å²) < 4.78 is 5.55. The van der Waals surface area contributed by atoms with E-state index in [1.807, 2.05) is 22.7 Å². The molecule has 0 aliphatic heterocycles. The zero-order valence-electron chi connectivity index (χ0n) is 14.8. The van der Waals surface area contributed by atoms with Gasteiger partial charge in [-0.15, -0.1) is 22.7 Å². The first-order valence-electron chi connectivity index (χ1n) is 9.13. The smallest absolute Gasteiger partial charge is 0.0434 e. The molecule has 2 heterocycles. The molecule has 0 unspecified atom stereocenters. The highest BCUT2D eigenvalue weighted by atomic mass is 32.1. The molecule has 128 valence electrons. The molecule has 0 spiro atoms. The first-order chi connectivity index (χ1) is 13.3. The van der Waals surface area contributed by atoms with Crippen molar-refractivity contribution in [3.8, 4) is 11.1 Å². The minimum Gasteiger partial charge on any atom is -0.135 e. The maximum absolute atomic E-state index is 2.28. The van der Waals surface area contributed by atoms with Crippen LogP contribution >= 0.6 is 22.7 Å². The summed E-state index contributed by atoms with van der Waals surface area (Å²) in [7, 11) is 0. The topological polar surface area (TPSA) is 0 Å². The predicted octanol–water partition coefficient (Wildman–Crippen LogP) is 8.40. The summed E-state index contributed by atoms with van der Waals surface area (Å²) in [4.78, 5) is 0. The van der Waals surface area contributed by atoms with Crippen molar-refractivity contribution in [3.63, 3.8) is 0 Å². The largest absolute Gasteiger partial charge is 0.135 e. The molecule has 2 aromatic heterocycles. The lowest BCUT2D eigenvalue weighted by Gasteiger charge is -2.05. The average molecular weight is 381 g/mol. The van der Waals surface area contributed by atoms with E-state index in [2.05, 4.69) is 85.8 Å². The van der Waals surface area contributed by atoms with Crippen molar-refractivity contribution in [1.29, 1.82) is 0 Å². The highest BCUT2D eigenvalue weighted by molar-refractivity contribution is 7.27. The van der Waals surface area contributed by atoms with Crippen LogP contribution in [0.1, 0.15) is 5.56 Å². The molecular weight excluding hydrogens is 364 g/mol. The molecule has 0 bridgehead atoms. The standard InChI is InChI=1S/C25H16S2/c1-15-7-4-9-18-19-11-6-13-21(25(19)27-23(15)18)20-12-5-10-17-16-8-2-3-14-22(16)26-24(17)20/h2-14H,1H3. The Morgan fingerprint density at radius 1 is 0.481 bits per heavy atom. The number of hydrogen-bond donors (Lipinski definition) is 0. The summed E-state index contributed by atoms with van der Waals surface area (Å²) in [5, 5.41) is 5.47. The Morgan fingerprint density at radius 2 is 1.04 bits per heavy atom. The molecule has 0 saturated carbocycles. The van der Waals surface area contributed by atoms with E-state index in [0.29, 0.717) is 0 Å². The molecule has 6 aromatic rings. The summed E-state index contributed by atoms with van der Waals surface area (Å²) in [5.41, 5.74) is 4.06. The fraction of sp³-hybridized carbons (Fsp3) is 0.0400. The van der Waals surface area contributed by atoms with Crippen LogP contribution in [0, 0.1) is 6.92 Å². The van der Waals surface area contributed by atoms with Crippen LogP contribution in [0.3, 0.4) is 0 Å². The van der Waals surface area contributed by atoms with Gasteiger partial charge in [-0.05, 0) is 18.6 Å². The maximum Gasteiger partial charge on any atom is 0.0434 e. The normalized spacial score (nSPS) is 11.9. The highest BCUT2D eigenvalue weighted by Crippen LogP contribution is 2.45. The van der Waals surface area contributed by atoms with Crippen molar-refractivity contribution in [1.82, 2.24) is 0 Å². The molecule has 0 amide bonds. The van der Waals surface area contributed by atoms with Gasteiger partial charge < -0.3 is 0 Å². The Hall–Kier alpha value is -2.68. The lowest BCUT2D eigenvalue weighted by molar-refractivity contribution is 1.56. The van der Waals surface area contributed by atoms with Crippen LogP contribution in [0.25, 0.3) is 51.5 Å². The third-order valence-corrected chi connectivity index (χ3v) is 8.03. The predicted molar refractivity (Wildman–Crippen MR) is 122 cm³/mol. The van der Waals surface area contributed by atoms with E-state index >= 15 is 0 Å². The SMILES string of the molecule is Cc1cccc2c1sc1c(-c3cccc4c3sc3ccccc34)cccc12. The number of aryl methyl sites for hydroxylation is 1. The molecule has 0 atom stereocenters. The summed E-state index contributed by atoms with van der Waals surface area (Å²) in [6.07, 6.45) is 0. The van der Waals surface area contributed by atoms with Crippen LogP contribution < -0.4 is 0 Å². The number of benzene rings is 4. The van der Waals surface area contributed by atoms with Gasteiger partial charge in [0.05, 0.1) is 0 Å². The van der Waals surface area contributed by atoms with E-state index in [1.165, 1.54) is 57.0 Å². The van der Waals surface area contributed by atoms with Crippen molar-refractivity contribution >= 4 is 63.0 Å². The number of hydrogen-bond acceptors (Lipinski definition) is 2. The van der Waals surface area contributed by atoms with Gasteiger partial charge in [-0.2, -0.15) is 0 Å². The molecular formula is C25H16S2. The number of fused-ring (bicyclic) bond motifs is 6. The van der Waals surface area contributed by atoms with Gasteiger partial charge >= 0.3 is 0 Å². The summed E-state index contributed by atoms with van der Waals surface area (Å²) in [5.74, 6) is 0. The highest BCUT2D eigenvalue weighted by Gasteiger charge is 2.15. The van der Waals surface area contributed by atoms with Gasteiger partial charge in [-0.3, -0.25) is 0 Å². The van der Waals surface area contributed by atoms with Crippen molar-refractivity contribution in [2.45, 2.75) is 6.92 Å². The molecule has 0 fully saturated rings. The van der Waals surface area contributed by atoms with Crippen LogP contribution in [-0.2, 0) is 0 Å². The monoisotopic (exact) mass is 380 g/mol. The molecule has 0 saturated heterocycles. The fourth-order valence-electron chi connectivity index (χ4n) is 4.13. The van der Waals surface area contributed by atoms with Crippen molar-refractivity contribution in [2.24, 2.45) is 0 Å². The number of rotatable bonds is 1. The van der Waals surface area contributed by atoms with E-state index in [4.69, 9.17) is 0 Å². The zero-order valence-corrected chi connectivity index (χ0v) is 16.5. The maximum atomic E-state index is 2.28. The summed E-state index contributed by atoms with van der Waals surface area (Å²) in [6.45, 7) is 2.21. The molecule has 0 aliphatic rings. The Balaban J connectivity index is 1.76. The van der Waals surface area contributed by atoms with E-state index in [-0.39, 0.29) is 0 Å². The second-order valence-corrected chi connectivity index (χ2v) is 9.09. The molecule has 0 aliphatic carbocycles. The van der Waals surface area contributed by atoms with Gasteiger partial charge in [-0.1, -0.05) is 72.8 Å². The first kappa shape index (κ1) is 15.4. The quantitative estimate of drug-likeness (QED) is 0.269. The summed E-state index contributed by atoms with van der Waals surface area (Å²) in [6, 6.07) is 28.9. The van der Waals surface area contributed by atoms with E-state index in [1.54, 1.807) is 0 Å². The second-order valence-electron chi connectivity index (χ2n) is 7.02. The third-order valence-electron chi connectivity index (χ3n) is 5.42. The lowest BCUT2D eigenvalue weighted by Crippen LogP contribution is -1.78. The van der Waals surface area contributed by atoms with Gasteiger partial charge in [-0.25, -0.2) is 0 Å². The molecule has 0 nitrogen and oxygen atoms in total. The van der Waals surface area contributed by atoms with Gasteiger partial charge in [0.15, 0.2) is 0 Å². The second kappa shape index (κ2) is 5.66.